The summed E-state index contributed by atoms with van der Waals surface area (Å²) in [5.41, 5.74) is -0.568. The molecule has 0 aromatic carbocycles. The molecular formula is C11H22N2O4. The molecule has 3 N–H and O–H groups in total. The predicted octanol–water partition coefficient (Wildman–Crippen LogP) is 0.400. The molecule has 0 aromatic rings. The lowest BCUT2D eigenvalue weighted by Gasteiger charge is -2.19. The molecule has 6 heteroatoms. The Bertz CT molecular complexity index is 248. The third-order valence-electron chi connectivity index (χ3n) is 1.70. The van der Waals surface area contributed by atoms with Crippen molar-refractivity contribution in [1.29, 1.82) is 0 Å². The number of amides is 2. The van der Waals surface area contributed by atoms with Crippen molar-refractivity contribution in [3.63, 3.8) is 0 Å². The highest BCUT2D eigenvalue weighted by atomic mass is 16.6. The van der Waals surface area contributed by atoms with Gasteiger partial charge in [0, 0.05) is 13.2 Å². The van der Waals surface area contributed by atoms with E-state index in [2.05, 4.69) is 10.6 Å². The maximum Gasteiger partial charge on any atom is 0.408 e. The molecule has 0 aromatic heterocycles. The largest absolute Gasteiger partial charge is 0.444 e. The quantitative estimate of drug-likeness (QED) is 0.592. The van der Waals surface area contributed by atoms with Crippen LogP contribution in [0.5, 0.6) is 0 Å². The van der Waals surface area contributed by atoms with Gasteiger partial charge in [-0.05, 0) is 33.6 Å². The number of carbonyl (C=O) groups excluding carboxylic acids is 2. The van der Waals surface area contributed by atoms with E-state index in [0.29, 0.717) is 19.4 Å². The minimum Gasteiger partial charge on any atom is -0.444 e. The molecule has 6 nitrogen and oxygen atoms in total. The van der Waals surface area contributed by atoms with Crippen molar-refractivity contribution in [2.24, 2.45) is 0 Å². The number of alkyl carbamates (subject to hydrolysis) is 1. The molecular weight excluding hydrogens is 224 g/mol. The van der Waals surface area contributed by atoms with E-state index in [1.807, 2.05) is 0 Å². The normalized spacial score (nSPS) is 10.8. The number of rotatable bonds is 6. The highest BCUT2D eigenvalue weighted by molar-refractivity contribution is 5.82. The Morgan fingerprint density at radius 2 is 1.82 bits per heavy atom. The molecule has 17 heavy (non-hydrogen) atoms. The molecule has 0 radical (unpaired) electrons. The molecule has 0 aliphatic heterocycles. The first-order chi connectivity index (χ1) is 7.85. The standard InChI is InChI=1S/C11H22N2O4/c1-11(2,3)17-10(16)13-8-9(15)12-6-4-5-7-14/h14H,4-8H2,1-3H3,(H,12,15)(H,13,16). The van der Waals surface area contributed by atoms with Gasteiger partial charge in [-0.2, -0.15) is 0 Å². The van der Waals surface area contributed by atoms with Crippen LogP contribution in [0.1, 0.15) is 33.6 Å². The van der Waals surface area contributed by atoms with Crippen molar-refractivity contribution in [1.82, 2.24) is 10.6 Å². The van der Waals surface area contributed by atoms with E-state index in [4.69, 9.17) is 9.84 Å². The summed E-state index contributed by atoms with van der Waals surface area (Å²) in [6.07, 6.45) is 0.761. The molecule has 0 rings (SSSR count). The average molecular weight is 246 g/mol. The SMILES string of the molecule is CC(C)(C)OC(=O)NCC(=O)NCCCCO. The fourth-order valence-corrected chi connectivity index (χ4v) is 0.994. The second kappa shape index (κ2) is 7.89. The predicted molar refractivity (Wildman–Crippen MR) is 63.6 cm³/mol. The molecule has 100 valence electrons. The Balaban J connectivity index is 3.59. The van der Waals surface area contributed by atoms with Gasteiger partial charge in [0.1, 0.15) is 5.60 Å². The number of nitrogens with one attached hydrogen (secondary N) is 2. The Morgan fingerprint density at radius 1 is 1.18 bits per heavy atom. The van der Waals surface area contributed by atoms with Crippen molar-refractivity contribution >= 4 is 12.0 Å². The second-order valence-electron chi connectivity index (χ2n) is 4.64. The van der Waals surface area contributed by atoms with E-state index in [9.17, 15) is 9.59 Å². The summed E-state index contributed by atoms with van der Waals surface area (Å²) in [4.78, 5) is 22.4. The second-order valence-corrected chi connectivity index (χ2v) is 4.64. The fraction of sp³-hybridized carbons (Fsp3) is 0.818. The third-order valence-corrected chi connectivity index (χ3v) is 1.70. The maximum absolute atomic E-state index is 11.2. The van der Waals surface area contributed by atoms with E-state index >= 15 is 0 Å². The van der Waals surface area contributed by atoms with Crippen LogP contribution < -0.4 is 10.6 Å². The van der Waals surface area contributed by atoms with Gasteiger partial charge in [0.25, 0.3) is 0 Å². The van der Waals surface area contributed by atoms with E-state index < -0.39 is 11.7 Å². The first kappa shape index (κ1) is 15.7. The fourth-order valence-electron chi connectivity index (χ4n) is 0.994. The van der Waals surface area contributed by atoms with Crippen LogP contribution in [0.25, 0.3) is 0 Å². The molecule has 0 heterocycles. The molecule has 0 atom stereocenters. The number of aliphatic hydroxyl groups is 1. The molecule has 0 spiro atoms. The van der Waals surface area contributed by atoms with E-state index in [0.717, 1.165) is 0 Å². The lowest BCUT2D eigenvalue weighted by molar-refractivity contribution is -0.120. The summed E-state index contributed by atoms with van der Waals surface area (Å²) in [7, 11) is 0. The Labute approximate surface area is 102 Å². The summed E-state index contributed by atoms with van der Waals surface area (Å²) in [5.74, 6) is -0.270. The number of unbranched alkanes of at least 4 members (excludes halogenated alkanes) is 1. The molecule has 0 aliphatic carbocycles. The molecule has 0 bridgehead atoms. The van der Waals surface area contributed by atoms with E-state index in [1.165, 1.54) is 0 Å². The number of ether oxygens (including phenoxy) is 1. The number of aliphatic hydroxyl groups excluding tert-OH is 1. The van der Waals surface area contributed by atoms with Crippen LogP contribution in [-0.2, 0) is 9.53 Å². The van der Waals surface area contributed by atoms with Crippen LogP contribution in [0.4, 0.5) is 4.79 Å². The van der Waals surface area contributed by atoms with Crippen molar-refractivity contribution in [3.8, 4) is 0 Å². The lowest BCUT2D eigenvalue weighted by atomic mass is 10.2. The van der Waals surface area contributed by atoms with E-state index in [-0.39, 0.29) is 19.1 Å². The minimum absolute atomic E-state index is 0.103. The van der Waals surface area contributed by atoms with Crippen molar-refractivity contribution in [2.45, 2.75) is 39.2 Å². The van der Waals surface area contributed by atoms with Gasteiger partial charge in [0.15, 0.2) is 0 Å². The van der Waals surface area contributed by atoms with Crippen molar-refractivity contribution in [3.05, 3.63) is 0 Å². The molecule has 0 saturated carbocycles. The van der Waals surface area contributed by atoms with Gasteiger partial charge in [-0.3, -0.25) is 4.79 Å². The molecule has 0 aliphatic rings. The van der Waals surface area contributed by atoms with Gasteiger partial charge in [-0.15, -0.1) is 0 Å². The van der Waals surface area contributed by atoms with Crippen LogP contribution >= 0.6 is 0 Å². The Kier molecular flexibility index (Phi) is 7.29. The summed E-state index contributed by atoms with van der Waals surface area (Å²) in [5, 5.41) is 13.5. The van der Waals surface area contributed by atoms with Gasteiger partial charge < -0.3 is 20.5 Å². The number of hydrogen-bond acceptors (Lipinski definition) is 4. The van der Waals surface area contributed by atoms with Crippen molar-refractivity contribution < 1.29 is 19.4 Å². The van der Waals surface area contributed by atoms with Gasteiger partial charge in [0.05, 0.1) is 6.54 Å². The van der Waals surface area contributed by atoms with Gasteiger partial charge in [-0.1, -0.05) is 0 Å². The molecule has 0 fully saturated rings. The third kappa shape index (κ3) is 11.0. The molecule has 0 saturated heterocycles. The first-order valence-corrected chi connectivity index (χ1v) is 5.69. The highest BCUT2D eigenvalue weighted by Gasteiger charge is 2.16. The lowest BCUT2D eigenvalue weighted by Crippen LogP contribution is -2.39. The van der Waals surface area contributed by atoms with Crippen LogP contribution in [0, 0.1) is 0 Å². The van der Waals surface area contributed by atoms with Gasteiger partial charge >= 0.3 is 6.09 Å². The summed E-state index contributed by atoms with van der Waals surface area (Å²) < 4.78 is 4.97. The number of hydrogen-bond donors (Lipinski definition) is 3. The Hall–Kier alpha value is -1.30. The van der Waals surface area contributed by atoms with Crippen LogP contribution in [0.3, 0.4) is 0 Å². The summed E-state index contributed by atoms with van der Waals surface area (Å²) in [6.45, 7) is 5.76. The summed E-state index contributed by atoms with van der Waals surface area (Å²) >= 11 is 0. The van der Waals surface area contributed by atoms with Crippen LogP contribution in [0.2, 0.25) is 0 Å². The maximum atomic E-state index is 11.2. The van der Waals surface area contributed by atoms with E-state index in [1.54, 1.807) is 20.8 Å². The molecule has 2 amide bonds. The molecule has 0 unspecified atom stereocenters. The monoisotopic (exact) mass is 246 g/mol. The van der Waals surface area contributed by atoms with Crippen molar-refractivity contribution in [2.75, 3.05) is 19.7 Å². The zero-order valence-corrected chi connectivity index (χ0v) is 10.7. The van der Waals surface area contributed by atoms with Crippen LogP contribution in [-0.4, -0.2) is 42.4 Å². The zero-order chi connectivity index (χ0) is 13.3. The summed E-state index contributed by atoms with van der Waals surface area (Å²) in [6, 6.07) is 0. The smallest absolute Gasteiger partial charge is 0.408 e. The topological polar surface area (TPSA) is 87.7 Å². The highest BCUT2D eigenvalue weighted by Crippen LogP contribution is 2.05. The Morgan fingerprint density at radius 3 is 2.35 bits per heavy atom. The first-order valence-electron chi connectivity index (χ1n) is 5.69. The minimum atomic E-state index is -0.608. The zero-order valence-electron chi connectivity index (χ0n) is 10.7. The average Bonchev–Trinajstić information content (AvgIpc) is 2.19. The van der Waals surface area contributed by atoms with Gasteiger partial charge in [-0.25, -0.2) is 4.79 Å². The number of carbonyl (C=O) groups is 2. The van der Waals surface area contributed by atoms with Gasteiger partial charge in [0.2, 0.25) is 5.91 Å². The van der Waals surface area contributed by atoms with Crippen LogP contribution in [0.15, 0.2) is 0 Å².